The van der Waals surface area contributed by atoms with Gasteiger partial charge in [-0.15, -0.1) is 0 Å². The van der Waals surface area contributed by atoms with Crippen LogP contribution < -0.4 is 15.0 Å². The van der Waals surface area contributed by atoms with Crippen molar-refractivity contribution in [2.75, 3.05) is 62.8 Å². The third-order valence-corrected chi connectivity index (χ3v) is 7.20. The van der Waals surface area contributed by atoms with E-state index in [1.165, 1.54) is 0 Å². The van der Waals surface area contributed by atoms with Gasteiger partial charge in [0.1, 0.15) is 18.1 Å². The van der Waals surface area contributed by atoms with Gasteiger partial charge in [-0.3, -0.25) is 0 Å². The molecule has 3 heterocycles. The smallest absolute Gasteiger partial charge is 0.321 e. The summed E-state index contributed by atoms with van der Waals surface area (Å²) in [5.41, 5.74) is 2.54. The lowest BCUT2D eigenvalue weighted by atomic mass is 10.00. The molecule has 1 atom stereocenters. The van der Waals surface area contributed by atoms with E-state index in [0.29, 0.717) is 50.7 Å². The van der Waals surface area contributed by atoms with Crippen LogP contribution in [-0.4, -0.2) is 79.3 Å². The molecular formula is C26H33FN4O4. The van der Waals surface area contributed by atoms with E-state index < -0.39 is 5.67 Å². The molecule has 1 aliphatic carbocycles. The SMILES string of the molecule is Cc1ccc(NC(=O)N2CC[C@@H](C3(F)CC3)C2)cc1-c1cc(OCCO)nc(N2CCOCC2)c1. The predicted octanol–water partition coefficient (Wildman–Crippen LogP) is 3.62. The number of nitrogens with zero attached hydrogens (tertiary/aromatic N) is 3. The van der Waals surface area contributed by atoms with Crippen LogP contribution in [0.25, 0.3) is 11.1 Å². The maximum absolute atomic E-state index is 14.4. The molecule has 3 aliphatic rings. The second kappa shape index (κ2) is 9.99. The fraction of sp³-hybridized carbons (Fsp3) is 0.538. The van der Waals surface area contributed by atoms with Crippen molar-refractivity contribution in [3.05, 3.63) is 35.9 Å². The number of nitrogens with one attached hydrogen (secondary N) is 1. The Hall–Kier alpha value is -2.91. The van der Waals surface area contributed by atoms with E-state index in [-0.39, 0.29) is 25.2 Å². The van der Waals surface area contributed by atoms with Crippen LogP contribution in [0.1, 0.15) is 24.8 Å². The van der Waals surface area contributed by atoms with E-state index in [9.17, 15) is 14.3 Å². The molecule has 188 valence electrons. The highest BCUT2D eigenvalue weighted by Gasteiger charge is 2.52. The van der Waals surface area contributed by atoms with Gasteiger partial charge in [-0.05, 0) is 61.1 Å². The third-order valence-electron chi connectivity index (χ3n) is 7.20. The largest absolute Gasteiger partial charge is 0.475 e. The van der Waals surface area contributed by atoms with E-state index in [1.54, 1.807) is 4.90 Å². The molecule has 1 saturated carbocycles. The molecule has 0 spiro atoms. The van der Waals surface area contributed by atoms with Crippen molar-refractivity contribution in [3.63, 3.8) is 0 Å². The van der Waals surface area contributed by atoms with Gasteiger partial charge in [0.2, 0.25) is 5.88 Å². The fourth-order valence-corrected chi connectivity index (χ4v) is 4.93. The van der Waals surface area contributed by atoms with Crippen LogP contribution in [0, 0.1) is 12.8 Å². The first-order chi connectivity index (χ1) is 16.9. The highest BCUT2D eigenvalue weighted by molar-refractivity contribution is 5.90. The quantitative estimate of drug-likeness (QED) is 0.624. The minimum atomic E-state index is -1.05. The molecule has 0 bridgehead atoms. The Bertz CT molecular complexity index is 1070. The Labute approximate surface area is 205 Å². The summed E-state index contributed by atoms with van der Waals surface area (Å²) in [5.74, 6) is 1.18. The minimum Gasteiger partial charge on any atom is -0.475 e. The maximum atomic E-state index is 14.4. The van der Waals surface area contributed by atoms with Crippen molar-refractivity contribution in [1.29, 1.82) is 0 Å². The molecule has 2 aromatic rings. The molecule has 2 saturated heterocycles. The van der Waals surface area contributed by atoms with E-state index in [0.717, 1.165) is 42.0 Å². The average molecular weight is 485 g/mol. The first kappa shape index (κ1) is 23.8. The highest BCUT2D eigenvalue weighted by atomic mass is 19.1. The van der Waals surface area contributed by atoms with Crippen molar-refractivity contribution in [3.8, 4) is 17.0 Å². The highest BCUT2D eigenvalue weighted by Crippen LogP contribution is 2.49. The zero-order chi connectivity index (χ0) is 24.4. The van der Waals surface area contributed by atoms with E-state index >= 15 is 0 Å². The van der Waals surface area contributed by atoms with Gasteiger partial charge >= 0.3 is 6.03 Å². The number of carbonyl (C=O) groups is 1. The molecule has 1 aromatic carbocycles. The van der Waals surface area contributed by atoms with Crippen LogP contribution in [0.2, 0.25) is 0 Å². The number of aromatic nitrogens is 1. The predicted molar refractivity (Wildman–Crippen MR) is 132 cm³/mol. The van der Waals surface area contributed by atoms with Gasteiger partial charge in [-0.2, -0.15) is 4.98 Å². The number of morpholine rings is 1. The summed E-state index contributed by atoms with van der Waals surface area (Å²) < 4.78 is 25.6. The summed E-state index contributed by atoms with van der Waals surface area (Å²) in [7, 11) is 0. The van der Waals surface area contributed by atoms with Gasteiger partial charge in [-0.1, -0.05) is 6.07 Å². The van der Waals surface area contributed by atoms with Crippen molar-refractivity contribution in [1.82, 2.24) is 9.88 Å². The molecule has 2 N–H and O–H groups in total. The zero-order valence-electron chi connectivity index (χ0n) is 20.1. The second-order valence-electron chi connectivity index (χ2n) is 9.65. The van der Waals surface area contributed by atoms with Gasteiger partial charge in [0.15, 0.2) is 0 Å². The van der Waals surface area contributed by atoms with Gasteiger partial charge in [0, 0.05) is 43.9 Å². The van der Waals surface area contributed by atoms with E-state index in [2.05, 4.69) is 15.2 Å². The normalized spacial score (nSPS) is 21.2. The van der Waals surface area contributed by atoms with Crippen LogP contribution in [0.4, 0.5) is 20.7 Å². The molecule has 9 heteroatoms. The van der Waals surface area contributed by atoms with Crippen molar-refractivity contribution in [2.24, 2.45) is 5.92 Å². The number of amides is 2. The number of rotatable bonds is 7. The van der Waals surface area contributed by atoms with Gasteiger partial charge < -0.3 is 29.7 Å². The molecule has 0 radical (unpaired) electrons. The topological polar surface area (TPSA) is 87.2 Å². The Morgan fingerprint density at radius 2 is 2.06 bits per heavy atom. The van der Waals surface area contributed by atoms with Gasteiger partial charge in [-0.25, -0.2) is 9.18 Å². The molecule has 2 amide bonds. The Kier molecular flexibility index (Phi) is 6.80. The molecule has 3 fully saturated rings. The monoisotopic (exact) mass is 484 g/mol. The number of aliphatic hydroxyl groups is 1. The fourth-order valence-electron chi connectivity index (χ4n) is 4.93. The molecule has 0 unspecified atom stereocenters. The summed E-state index contributed by atoms with van der Waals surface area (Å²) in [6.07, 6.45) is 1.97. The number of halogens is 1. The third kappa shape index (κ3) is 5.36. The standard InChI is InChI=1S/C26H33FN4O4/c1-18-2-3-21(28-25(33)31-7-4-20(17-31)26(27)5-6-26)16-22(18)19-14-23(30-8-11-34-12-9-30)29-24(15-19)35-13-10-32/h2-3,14-16,20,32H,4-13,17H2,1H3,(H,28,33)/t20-/m1/s1. The number of alkyl halides is 1. The average Bonchev–Trinajstić information content (AvgIpc) is 3.42. The molecule has 35 heavy (non-hydrogen) atoms. The Morgan fingerprint density at radius 3 is 2.80 bits per heavy atom. The zero-order valence-corrected chi connectivity index (χ0v) is 20.1. The number of anilines is 2. The lowest BCUT2D eigenvalue weighted by Crippen LogP contribution is -2.36. The van der Waals surface area contributed by atoms with E-state index in [4.69, 9.17) is 9.47 Å². The number of hydrogen-bond acceptors (Lipinski definition) is 6. The minimum absolute atomic E-state index is 0.0467. The summed E-state index contributed by atoms with van der Waals surface area (Å²) in [6, 6.07) is 9.49. The van der Waals surface area contributed by atoms with Crippen LogP contribution >= 0.6 is 0 Å². The molecular weight excluding hydrogens is 451 g/mol. The number of aliphatic hydroxyl groups excluding tert-OH is 1. The van der Waals surface area contributed by atoms with Crippen LogP contribution in [0.5, 0.6) is 5.88 Å². The molecule has 8 nitrogen and oxygen atoms in total. The maximum Gasteiger partial charge on any atom is 0.321 e. The van der Waals surface area contributed by atoms with Crippen molar-refractivity contribution < 1.29 is 23.8 Å². The van der Waals surface area contributed by atoms with E-state index in [1.807, 2.05) is 37.3 Å². The first-order valence-electron chi connectivity index (χ1n) is 12.4. The number of likely N-dealkylation sites (tertiary alicyclic amines) is 1. The van der Waals surface area contributed by atoms with Crippen molar-refractivity contribution in [2.45, 2.75) is 31.9 Å². The van der Waals surface area contributed by atoms with Gasteiger partial charge in [0.05, 0.1) is 19.8 Å². The number of pyridine rings is 1. The number of ether oxygens (including phenoxy) is 2. The number of carbonyl (C=O) groups excluding carboxylic acids is 1. The van der Waals surface area contributed by atoms with Crippen LogP contribution in [-0.2, 0) is 4.74 Å². The van der Waals surface area contributed by atoms with Crippen LogP contribution in [0.15, 0.2) is 30.3 Å². The molecule has 1 aromatic heterocycles. The summed E-state index contributed by atoms with van der Waals surface area (Å²) in [5, 5.41) is 12.2. The summed E-state index contributed by atoms with van der Waals surface area (Å²) in [6.45, 7) is 5.89. The van der Waals surface area contributed by atoms with Gasteiger partial charge in [0.25, 0.3) is 0 Å². The first-order valence-corrected chi connectivity index (χ1v) is 12.4. The molecule has 5 rings (SSSR count). The Morgan fingerprint density at radius 1 is 1.26 bits per heavy atom. The summed E-state index contributed by atoms with van der Waals surface area (Å²) in [4.78, 5) is 21.4. The Balaban J connectivity index is 1.37. The molecule has 2 aliphatic heterocycles. The number of aryl methyl sites for hydroxylation is 1. The summed E-state index contributed by atoms with van der Waals surface area (Å²) >= 11 is 0. The number of benzene rings is 1. The second-order valence-corrected chi connectivity index (χ2v) is 9.65. The number of urea groups is 1. The lowest BCUT2D eigenvalue weighted by Gasteiger charge is -2.28. The van der Waals surface area contributed by atoms with Crippen molar-refractivity contribution >= 4 is 17.5 Å². The number of hydrogen-bond donors (Lipinski definition) is 2. The lowest BCUT2D eigenvalue weighted by molar-refractivity contribution is 0.122. The van der Waals surface area contributed by atoms with Crippen LogP contribution in [0.3, 0.4) is 0 Å².